The van der Waals surface area contributed by atoms with Gasteiger partial charge in [0.2, 0.25) is 0 Å². The zero-order valence-corrected chi connectivity index (χ0v) is 10.6. The monoisotopic (exact) mass is 262 g/mol. The van der Waals surface area contributed by atoms with Gasteiger partial charge in [0.15, 0.2) is 0 Å². The first-order valence-corrected chi connectivity index (χ1v) is 5.63. The number of aryl methyl sites for hydroxylation is 1. The van der Waals surface area contributed by atoms with Crippen molar-refractivity contribution in [2.75, 3.05) is 13.6 Å². The maximum Gasteiger partial charge on any atom is 0.323 e. The summed E-state index contributed by atoms with van der Waals surface area (Å²) in [4.78, 5) is 24.0. The van der Waals surface area contributed by atoms with Crippen molar-refractivity contribution < 1.29 is 14.7 Å². The molecule has 7 heteroatoms. The molecule has 1 N–H and O–H groups in total. The fourth-order valence-electron chi connectivity index (χ4n) is 1.84. The number of nitrogens with zero attached hydrogens (tertiary/aromatic N) is 4. The Morgan fingerprint density at radius 3 is 2.58 bits per heavy atom. The minimum Gasteiger partial charge on any atom is -0.480 e. The van der Waals surface area contributed by atoms with E-state index in [1.54, 1.807) is 28.7 Å². The van der Waals surface area contributed by atoms with Crippen molar-refractivity contribution in [1.29, 1.82) is 0 Å². The predicted octanol–water partition coefficient (Wildman–Crippen LogP) is 0.367. The van der Waals surface area contributed by atoms with Gasteiger partial charge in [-0.2, -0.15) is 5.10 Å². The Morgan fingerprint density at radius 1 is 1.37 bits per heavy atom. The van der Waals surface area contributed by atoms with Gasteiger partial charge in [0.25, 0.3) is 5.91 Å². The Balaban J connectivity index is 2.36. The van der Waals surface area contributed by atoms with Gasteiger partial charge in [0.1, 0.15) is 17.9 Å². The van der Waals surface area contributed by atoms with E-state index in [1.807, 2.05) is 12.1 Å². The van der Waals surface area contributed by atoms with Crippen LogP contribution in [0.2, 0.25) is 0 Å². The number of rotatable bonds is 4. The summed E-state index contributed by atoms with van der Waals surface area (Å²) < 4.78 is 3.33. The molecule has 0 aromatic carbocycles. The zero-order chi connectivity index (χ0) is 14.0. The molecule has 0 saturated carbocycles. The second-order valence-electron chi connectivity index (χ2n) is 4.15. The summed E-state index contributed by atoms with van der Waals surface area (Å²) in [5.41, 5.74) is 0.363. The van der Waals surface area contributed by atoms with Crippen LogP contribution in [-0.2, 0) is 11.8 Å². The number of amides is 1. The predicted molar refractivity (Wildman–Crippen MR) is 67.1 cm³/mol. The maximum atomic E-state index is 12.2. The Morgan fingerprint density at radius 2 is 2.00 bits per heavy atom. The van der Waals surface area contributed by atoms with Gasteiger partial charge in [-0.25, -0.2) is 0 Å². The molecule has 0 saturated heterocycles. The van der Waals surface area contributed by atoms with E-state index in [4.69, 9.17) is 5.11 Å². The lowest BCUT2D eigenvalue weighted by Gasteiger charge is -2.15. The number of aromatic nitrogens is 3. The molecule has 0 bridgehead atoms. The molecule has 0 fully saturated rings. The smallest absolute Gasteiger partial charge is 0.323 e. The quantitative estimate of drug-likeness (QED) is 0.863. The fraction of sp³-hybridized carbons (Fsp3) is 0.250. The van der Waals surface area contributed by atoms with Gasteiger partial charge in [-0.1, -0.05) is 0 Å². The van der Waals surface area contributed by atoms with Crippen LogP contribution in [0.3, 0.4) is 0 Å². The molecule has 100 valence electrons. The highest BCUT2D eigenvalue weighted by Gasteiger charge is 2.21. The van der Waals surface area contributed by atoms with Crippen LogP contribution in [0.4, 0.5) is 0 Å². The summed E-state index contributed by atoms with van der Waals surface area (Å²) in [7, 11) is 3.17. The lowest BCUT2D eigenvalue weighted by Crippen LogP contribution is -2.32. The van der Waals surface area contributed by atoms with E-state index in [1.165, 1.54) is 13.2 Å². The van der Waals surface area contributed by atoms with Gasteiger partial charge in [0.05, 0.1) is 6.20 Å². The molecule has 0 unspecified atom stereocenters. The molecule has 19 heavy (non-hydrogen) atoms. The van der Waals surface area contributed by atoms with Crippen LogP contribution in [-0.4, -0.2) is 49.8 Å². The Bertz CT molecular complexity index is 601. The number of carboxylic acids is 1. The number of hydrogen-bond donors (Lipinski definition) is 1. The standard InChI is InChI=1S/C12H14N4O3/c1-14(8-10(17)18)12(19)9-7-13-15(2)11(9)16-5-3-4-6-16/h3-7H,8H2,1-2H3,(H,17,18). The van der Waals surface area contributed by atoms with Gasteiger partial charge >= 0.3 is 5.97 Å². The summed E-state index contributed by atoms with van der Waals surface area (Å²) in [6.45, 7) is -0.348. The van der Waals surface area contributed by atoms with E-state index in [-0.39, 0.29) is 12.5 Å². The fourth-order valence-corrected chi connectivity index (χ4v) is 1.84. The molecule has 7 nitrogen and oxygen atoms in total. The Labute approximate surface area is 109 Å². The number of carbonyl (C=O) groups is 2. The third kappa shape index (κ3) is 2.49. The Hall–Kier alpha value is -2.57. The first kappa shape index (κ1) is 12.9. The first-order chi connectivity index (χ1) is 9.00. The van der Waals surface area contributed by atoms with Crippen molar-refractivity contribution in [3.05, 3.63) is 36.3 Å². The molecule has 2 rings (SSSR count). The van der Waals surface area contributed by atoms with Gasteiger partial charge in [-0.05, 0) is 12.1 Å². The Kier molecular flexibility index (Phi) is 3.37. The van der Waals surface area contributed by atoms with E-state index in [2.05, 4.69) is 5.10 Å². The molecule has 2 heterocycles. The van der Waals surface area contributed by atoms with Gasteiger partial charge in [-0.15, -0.1) is 0 Å². The average molecular weight is 262 g/mol. The summed E-state index contributed by atoms with van der Waals surface area (Å²) in [5.74, 6) is -0.825. The highest BCUT2D eigenvalue weighted by Crippen LogP contribution is 2.15. The summed E-state index contributed by atoms with van der Waals surface area (Å²) in [6.07, 6.45) is 5.03. The van der Waals surface area contributed by atoms with Crippen LogP contribution >= 0.6 is 0 Å². The third-order valence-electron chi connectivity index (χ3n) is 2.71. The highest BCUT2D eigenvalue weighted by atomic mass is 16.4. The molecule has 0 spiro atoms. The molecule has 0 aliphatic carbocycles. The molecular formula is C12H14N4O3. The summed E-state index contributed by atoms with van der Waals surface area (Å²) in [6, 6.07) is 3.67. The molecule has 2 aromatic heterocycles. The minimum absolute atomic E-state index is 0.348. The summed E-state index contributed by atoms with van der Waals surface area (Å²) >= 11 is 0. The van der Waals surface area contributed by atoms with Crippen LogP contribution in [0.5, 0.6) is 0 Å². The van der Waals surface area contributed by atoms with Crippen LogP contribution in [0.1, 0.15) is 10.4 Å². The van der Waals surface area contributed by atoms with Gasteiger partial charge in [-0.3, -0.25) is 14.3 Å². The molecule has 0 radical (unpaired) electrons. The number of carbonyl (C=O) groups excluding carboxylic acids is 1. The normalized spacial score (nSPS) is 10.4. The van der Waals surface area contributed by atoms with Crippen molar-refractivity contribution in [2.24, 2.45) is 7.05 Å². The number of aliphatic carboxylic acids is 1. The van der Waals surface area contributed by atoms with Crippen molar-refractivity contribution >= 4 is 11.9 Å². The SMILES string of the molecule is CN(CC(=O)O)C(=O)c1cnn(C)c1-n1cccc1. The highest BCUT2D eigenvalue weighted by molar-refractivity contribution is 5.98. The topological polar surface area (TPSA) is 80.4 Å². The molecule has 2 aromatic rings. The van der Waals surface area contributed by atoms with E-state index >= 15 is 0 Å². The van der Waals surface area contributed by atoms with Gasteiger partial charge < -0.3 is 14.6 Å². The minimum atomic E-state index is -1.05. The van der Waals surface area contributed by atoms with E-state index in [0.717, 1.165) is 4.90 Å². The molecule has 0 atom stereocenters. The van der Waals surface area contributed by atoms with Crippen molar-refractivity contribution in [3.63, 3.8) is 0 Å². The number of likely N-dealkylation sites (N-methyl/N-ethyl adjacent to an activating group) is 1. The van der Waals surface area contributed by atoms with Crippen LogP contribution in [0.15, 0.2) is 30.7 Å². The largest absolute Gasteiger partial charge is 0.480 e. The average Bonchev–Trinajstić information content (AvgIpc) is 2.95. The van der Waals surface area contributed by atoms with Crippen molar-refractivity contribution in [3.8, 4) is 5.82 Å². The van der Waals surface area contributed by atoms with Crippen LogP contribution in [0, 0.1) is 0 Å². The summed E-state index contributed by atoms with van der Waals surface area (Å²) in [5, 5.41) is 12.8. The van der Waals surface area contributed by atoms with Crippen LogP contribution < -0.4 is 0 Å². The molecule has 1 amide bonds. The second-order valence-corrected chi connectivity index (χ2v) is 4.15. The molecule has 0 aliphatic rings. The lowest BCUT2D eigenvalue weighted by molar-refractivity contribution is -0.137. The van der Waals surface area contributed by atoms with Gasteiger partial charge in [0, 0.05) is 26.5 Å². The van der Waals surface area contributed by atoms with E-state index in [9.17, 15) is 9.59 Å². The van der Waals surface area contributed by atoms with E-state index < -0.39 is 5.97 Å². The molecular weight excluding hydrogens is 248 g/mol. The lowest BCUT2D eigenvalue weighted by atomic mass is 10.3. The zero-order valence-electron chi connectivity index (χ0n) is 10.6. The van der Waals surface area contributed by atoms with Crippen molar-refractivity contribution in [2.45, 2.75) is 0 Å². The molecule has 0 aliphatic heterocycles. The first-order valence-electron chi connectivity index (χ1n) is 5.63. The van der Waals surface area contributed by atoms with E-state index in [0.29, 0.717) is 11.4 Å². The second kappa shape index (κ2) is 4.97. The third-order valence-corrected chi connectivity index (χ3v) is 2.71. The van der Waals surface area contributed by atoms with Crippen LogP contribution in [0.25, 0.3) is 5.82 Å². The number of hydrogen-bond acceptors (Lipinski definition) is 3. The van der Waals surface area contributed by atoms with Crippen molar-refractivity contribution in [1.82, 2.24) is 19.2 Å². The number of carboxylic acid groups (broad SMARTS) is 1. The maximum absolute atomic E-state index is 12.2.